The molecule has 0 bridgehead atoms. The summed E-state index contributed by atoms with van der Waals surface area (Å²) >= 11 is 0. The number of fused-ring (bicyclic) bond motifs is 1. The summed E-state index contributed by atoms with van der Waals surface area (Å²) in [7, 11) is 0. The molecule has 0 saturated heterocycles. The van der Waals surface area contributed by atoms with Gasteiger partial charge in [-0.2, -0.15) is 0 Å². The molecule has 0 aliphatic carbocycles. The molecule has 0 radical (unpaired) electrons. The van der Waals surface area contributed by atoms with Crippen LogP contribution in [-0.4, -0.2) is 21.1 Å². The van der Waals surface area contributed by atoms with Gasteiger partial charge in [-0.25, -0.2) is 4.39 Å². The predicted octanol–water partition coefficient (Wildman–Crippen LogP) is 5.49. The molecule has 0 aliphatic rings. The van der Waals surface area contributed by atoms with Gasteiger partial charge in [-0.05, 0) is 64.6 Å². The molecule has 0 aliphatic heterocycles. The van der Waals surface area contributed by atoms with Crippen LogP contribution in [0.3, 0.4) is 0 Å². The van der Waals surface area contributed by atoms with Gasteiger partial charge in [-0.3, -0.25) is 9.78 Å². The molecule has 3 N–H and O–H groups in total. The maximum Gasteiger partial charge on any atom is 0.225 e. The highest BCUT2D eigenvalue weighted by Crippen LogP contribution is 2.29. The number of rotatable bonds is 9. The monoisotopic (exact) mass is 524 g/mol. The number of aliphatic hydroxyl groups excluding tert-OH is 2. The van der Waals surface area contributed by atoms with Crippen LogP contribution in [0.1, 0.15) is 51.3 Å². The molecule has 2 atom stereocenters. The van der Waals surface area contributed by atoms with Gasteiger partial charge in [0.05, 0.1) is 25.3 Å². The summed E-state index contributed by atoms with van der Waals surface area (Å²) in [6.07, 6.45) is 1.79. The molecule has 0 saturated carbocycles. The minimum atomic E-state index is -1.02. The summed E-state index contributed by atoms with van der Waals surface area (Å²) in [4.78, 5) is 17.0. The Morgan fingerprint density at radius 3 is 2.56 bits per heavy atom. The molecule has 5 aromatic rings. The lowest BCUT2D eigenvalue weighted by atomic mass is 9.93. The van der Waals surface area contributed by atoms with E-state index < -0.39 is 11.9 Å². The topological polar surface area (TPSA) is 95.6 Å². The van der Waals surface area contributed by atoms with E-state index >= 15 is 0 Å². The summed E-state index contributed by atoms with van der Waals surface area (Å²) in [5.74, 6) is -0.297. The number of aliphatic hydroxyl groups is 2. The second-order valence-corrected chi connectivity index (χ2v) is 9.64. The Bertz CT molecular complexity index is 1600. The van der Waals surface area contributed by atoms with Crippen molar-refractivity contribution in [2.75, 3.05) is 0 Å². The predicted molar refractivity (Wildman–Crippen MR) is 146 cm³/mol. The molecule has 7 heteroatoms. The van der Waals surface area contributed by atoms with Crippen LogP contribution in [-0.2, 0) is 24.2 Å². The quantitative estimate of drug-likeness (QED) is 0.237. The van der Waals surface area contributed by atoms with Crippen molar-refractivity contribution >= 4 is 16.9 Å². The van der Waals surface area contributed by atoms with Crippen LogP contribution >= 0.6 is 0 Å². The van der Waals surface area contributed by atoms with E-state index in [1.54, 1.807) is 12.1 Å². The first-order valence-electron chi connectivity index (χ1n) is 12.7. The number of benzene rings is 3. The molecule has 1 amide bonds. The first-order chi connectivity index (χ1) is 18.9. The molecule has 2 unspecified atom stereocenters. The molecule has 2 aromatic heterocycles. The summed E-state index contributed by atoms with van der Waals surface area (Å²) in [6.45, 7) is 1.93. The van der Waals surface area contributed by atoms with Crippen molar-refractivity contribution in [1.29, 1.82) is 0 Å². The highest BCUT2D eigenvalue weighted by Gasteiger charge is 2.20. The molecule has 39 heavy (non-hydrogen) atoms. The number of aromatic nitrogens is 1. The fourth-order valence-electron chi connectivity index (χ4n) is 4.81. The van der Waals surface area contributed by atoms with Crippen molar-refractivity contribution in [2.24, 2.45) is 0 Å². The van der Waals surface area contributed by atoms with E-state index in [4.69, 9.17) is 4.42 Å². The van der Waals surface area contributed by atoms with Crippen molar-refractivity contribution < 1.29 is 23.8 Å². The zero-order valence-corrected chi connectivity index (χ0v) is 21.5. The second-order valence-electron chi connectivity index (χ2n) is 9.64. The van der Waals surface area contributed by atoms with Crippen molar-refractivity contribution in [3.8, 4) is 0 Å². The number of hydrogen-bond acceptors (Lipinski definition) is 5. The van der Waals surface area contributed by atoms with E-state index in [0.29, 0.717) is 16.9 Å². The molecule has 6 nitrogen and oxygen atoms in total. The standard InChI is InChI=1S/C32H29FN2O4/c1-20-13-22(19-36)7-9-26(20)32(23-5-3-2-4-6-23)35-31(38)15-21-8-10-29-25(14-21)17-30(39-29)28(37)16-24-11-12-34-18-27(24)33/h2-14,17-18,28,32,36-37H,15-16,19H2,1H3,(H,35,38). The van der Waals surface area contributed by atoms with Gasteiger partial charge in [-0.15, -0.1) is 0 Å². The van der Waals surface area contributed by atoms with Gasteiger partial charge in [0.1, 0.15) is 23.3 Å². The van der Waals surface area contributed by atoms with Crippen molar-refractivity contribution in [1.82, 2.24) is 10.3 Å². The zero-order chi connectivity index (χ0) is 27.4. The first kappa shape index (κ1) is 26.3. The number of hydrogen-bond donors (Lipinski definition) is 3. The lowest BCUT2D eigenvalue weighted by molar-refractivity contribution is -0.120. The van der Waals surface area contributed by atoms with Gasteiger partial charge in [0.15, 0.2) is 0 Å². The van der Waals surface area contributed by atoms with Crippen molar-refractivity contribution in [3.05, 3.63) is 136 Å². The van der Waals surface area contributed by atoms with Gasteiger partial charge in [0.2, 0.25) is 5.91 Å². The van der Waals surface area contributed by atoms with Crippen molar-refractivity contribution in [2.45, 2.75) is 38.5 Å². The minimum absolute atomic E-state index is 0.0423. The van der Waals surface area contributed by atoms with Crippen LogP contribution in [0.25, 0.3) is 11.0 Å². The number of amides is 1. The summed E-state index contributed by atoms with van der Waals surface area (Å²) in [5.41, 5.74) is 5.43. The first-order valence-corrected chi connectivity index (χ1v) is 12.7. The van der Waals surface area contributed by atoms with E-state index in [0.717, 1.165) is 39.4 Å². The van der Waals surface area contributed by atoms with Gasteiger partial charge in [0, 0.05) is 18.0 Å². The van der Waals surface area contributed by atoms with Crippen LogP contribution in [0.4, 0.5) is 4.39 Å². The number of halogens is 1. The third-order valence-corrected chi connectivity index (χ3v) is 6.83. The fourth-order valence-corrected chi connectivity index (χ4v) is 4.81. The van der Waals surface area contributed by atoms with Gasteiger partial charge >= 0.3 is 0 Å². The molecule has 5 rings (SSSR count). The molecule has 0 fully saturated rings. The number of aryl methyl sites for hydroxylation is 1. The van der Waals surface area contributed by atoms with E-state index in [-0.39, 0.29) is 31.4 Å². The summed E-state index contributed by atoms with van der Waals surface area (Å²) in [6, 6.07) is 23.9. The number of carbonyl (C=O) groups is 1. The average Bonchev–Trinajstić information content (AvgIpc) is 3.37. The largest absolute Gasteiger partial charge is 0.458 e. The van der Waals surface area contributed by atoms with E-state index in [1.165, 1.54) is 12.3 Å². The smallest absolute Gasteiger partial charge is 0.225 e. The molecule has 2 heterocycles. The maximum absolute atomic E-state index is 14.0. The number of furan rings is 1. The van der Waals surface area contributed by atoms with E-state index in [2.05, 4.69) is 10.3 Å². The number of pyridine rings is 1. The van der Waals surface area contributed by atoms with E-state index in [9.17, 15) is 19.4 Å². The van der Waals surface area contributed by atoms with Gasteiger partial charge in [0.25, 0.3) is 0 Å². The Morgan fingerprint density at radius 2 is 1.82 bits per heavy atom. The minimum Gasteiger partial charge on any atom is -0.458 e. The summed E-state index contributed by atoms with van der Waals surface area (Å²) in [5, 5.41) is 24.0. The maximum atomic E-state index is 14.0. The lowest BCUT2D eigenvalue weighted by Crippen LogP contribution is -2.31. The Kier molecular flexibility index (Phi) is 7.81. The highest BCUT2D eigenvalue weighted by molar-refractivity contribution is 5.83. The Hall–Kier alpha value is -4.33. The van der Waals surface area contributed by atoms with Gasteiger partial charge < -0.3 is 19.9 Å². The lowest BCUT2D eigenvalue weighted by Gasteiger charge is -2.22. The van der Waals surface area contributed by atoms with Crippen LogP contribution in [0.2, 0.25) is 0 Å². The molecule has 3 aromatic carbocycles. The van der Waals surface area contributed by atoms with Crippen LogP contribution < -0.4 is 5.32 Å². The second kappa shape index (κ2) is 11.6. The van der Waals surface area contributed by atoms with Crippen LogP contribution in [0.15, 0.2) is 95.7 Å². The normalized spacial score (nSPS) is 12.8. The molecule has 198 valence electrons. The molecular formula is C32H29FN2O4. The van der Waals surface area contributed by atoms with E-state index in [1.807, 2.05) is 67.6 Å². The summed E-state index contributed by atoms with van der Waals surface area (Å²) < 4.78 is 19.8. The van der Waals surface area contributed by atoms with Crippen molar-refractivity contribution in [3.63, 3.8) is 0 Å². The number of carbonyl (C=O) groups excluding carboxylic acids is 1. The highest BCUT2D eigenvalue weighted by atomic mass is 19.1. The third-order valence-electron chi connectivity index (χ3n) is 6.83. The SMILES string of the molecule is Cc1cc(CO)ccc1C(NC(=O)Cc1ccc2oc(C(O)Cc3ccncc3F)cc2c1)c1ccccc1. The Labute approximate surface area is 225 Å². The average molecular weight is 525 g/mol. The third kappa shape index (κ3) is 6.06. The van der Waals surface area contributed by atoms with Crippen LogP contribution in [0.5, 0.6) is 0 Å². The Morgan fingerprint density at radius 1 is 1.03 bits per heavy atom. The number of nitrogens with one attached hydrogen (secondary N) is 1. The van der Waals surface area contributed by atoms with Gasteiger partial charge in [-0.1, -0.05) is 54.6 Å². The zero-order valence-electron chi connectivity index (χ0n) is 21.5. The number of nitrogens with zero attached hydrogens (tertiary/aromatic N) is 1. The molecule has 0 spiro atoms. The van der Waals surface area contributed by atoms with Crippen LogP contribution in [0, 0.1) is 12.7 Å². The fraction of sp³-hybridized carbons (Fsp3) is 0.188. The molecular weight excluding hydrogens is 495 g/mol. The Balaban J connectivity index is 1.33.